The van der Waals surface area contributed by atoms with E-state index in [1.54, 1.807) is 30.1 Å². The molecule has 1 saturated heterocycles. The average Bonchev–Trinajstić information content (AvgIpc) is 2.73. The number of aliphatic hydroxyl groups excluding tert-OH is 2. The van der Waals surface area contributed by atoms with E-state index in [0.29, 0.717) is 6.54 Å². The molecule has 1 aromatic heterocycles. The van der Waals surface area contributed by atoms with E-state index >= 15 is 0 Å². The summed E-state index contributed by atoms with van der Waals surface area (Å²) in [6, 6.07) is 1.81. The molecular formula is C9H14N2O3. The standard InChI is InChI=1S/C9H14N2O3/c1-6-8(12)9(13)7(14-6)5-11-4-2-3-10-11/h2-4,6-9,12-13H,5H2,1H3. The Kier molecular flexibility index (Phi) is 2.54. The third-order valence-electron chi connectivity index (χ3n) is 2.53. The number of aliphatic hydroxyl groups is 2. The van der Waals surface area contributed by atoms with Crippen molar-refractivity contribution >= 4 is 0 Å². The second-order valence-electron chi connectivity index (χ2n) is 3.59. The van der Waals surface area contributed by atoms with Gasteiger partial charge in [0.2, 0.25) is 0 Å². The summed E-state index contributed by atoms with van der Waals surface area (Å²) in [5.41, 5.74) is 0. The van der Waals surface area contributed by atoms with Crippen molar-refractivity contribution in [1.29, 1.82) is 0 Å². The molecule has 0 aromatic carbocycles. The third kappa shape index (κ3) is 1.66. The minimum atomic E-state index is -0.825. The number of hydrogen-bond donors (Lipinski definition) is 2. The topological polar surface area (TPSA) is 67.5 Å². The molecule has 5 heteroatoms. The first-order valence-electron chi connectivity index (χ1n) is 4.67. The summed E-state index contributed by atoms with van der Waals surface area (Å²) in [6.45, 7) is 2.21. The molecule has 5 nitrogen and oxygen atoms in total. The predicted octanol–water partition coefficient (Wildman–Crippen LogP) is -0.608. The first kappa shape index (κ1) is 9.64. The molecule has 0 saturated carbocycles. The first-order valence-corrected chi connectivity index (χ1v) is 4.67. The molecule has 0 aliphatic carbocycles. The third-order valence-corrected chi connectivity index (χ3v) is 2.53. The fourth-order valence-electron chi connectivity index (χ4n) is 1.68. The van der Waals surface area contributed by atoms with Gasteiger partial charge in [0.25, 0.3) is 0 Å². The fourth-order valence-corrected chi connectivity index (χ4v) is 1.68. The van der Waals surface area contributed by atoms with Crippen molar-refractivity contribution in [3.05, 3.63) is 18.5 Å². The number of nitrogens with zero attached hydrogens (tertiary/aromatic N) is 2. The number of aromatic nitrogens is 2. The summed E-state index contributed by atoms with van der Waals surface area (Å²) in [5, 5.41) is 23.1. The van der Waals surface area contributed by atoms with Gasteiger partial charge in [-0.1, -0.05) is 0 Å². The van der Waals surface area contributed by atoms with Gasteiger partial charge >= 0.3 is 0 Å². The minimum Gasteiger partial charge on any atom is -0.388 e. The lowest BCUT2D eigenvalue weighted by Crippen LogP contribution is -2.33. The smallest absolute Gasteiger partial charge is 0.110 e. The van der Waals surface area contributed by atoms with Crippen LogP contribution < -0.4 is 0 Å². The van der Waals surface area contributed by atoms with Gasteiger partial charge in [0, 0.05) is 12.4 Å². The molecule has 1 fully saturated rings. The summed E-state index contributed by atoms with van der Waals surface area (Å²) >= 11 is 0. The van der Waals surface area contributed by atoms with Crippen LogP contribution in [-0.4, -0.2) is 44.4 Å². The van der Waals surface area contributed by atoms with Crippen LogP contribution >= 0.6 is 0 Å². The zero-order chi connectivity index (χ0) is 10.1. The molecule has 2 heterocycles. The van der Waals surface area contributed by atoms with Crippen molar-refractivity contribution in [2.75, 3.05) is 0 Å². The van der Waals surface area contributed by atoms with Gasteiger partial charge < -0.3 is 14.9 Å². The van der Waals surface area contributed by atoms with Gasteiger partial charge in [-0.25, -0.2) is 0 Å². The van der Waals surface area contributed by atoms with Gasteiger partial charge in [0.15, 0.2) is 0 Å². The van der Waals surface area contributed by atoms with Crippen LogP contribution in [0.5, 0.6) is 0 Å². The van der Waals surface area contributed by atoms with E-state index in [4.69, 9.17) is 4.74 Å². The molecule has 1 aliphatic rings. The summed E-state index contributed by atoms with van der Waals surface area (Å²) in [6.07, 6.45) is 1.15. The molecule has 4 atom stereocenters. The van der Waals surface area contributed by atoms with Crippen molar-refractivity contribution in [2.45, 2.75) is 37.9 Å². The van der Waals surface area contributed by atoms with Gasteiger partial charge in [-0.05, 0) is 13.0 Å². The SMILES string of the molecule is CC1OC(Cn2cccn2)C(O)C1O. The van der Waals surface area contributed by atoms with Gasteiger partial charge in [-0.15, -0.1) is 0 Å². The molecule has 0 radical (unpaired) electrons. The maximum atomic E-state index is 9.61. The van der Waals surface area contributed by atoms with Crippen molar-refractivity contribution in [3.63, 3.8) is 0 Å². The van der Waals surface area contributed by atoms with Gasteiger partial charge in [0.1, 0.15) is 18.3 Å². The number of hydrogen-bond acceptors (Lipinski definition) is 4. The summed E-state index contributed by atoms with van der Waals surface area (Å²) < 4.78 is 7.08. The number of rotatable bonds is 2. The second kappa shape index (κ2) is 3.68. The van der Waals surface area contributed by atoms with Crippen LogP contribution in [0, 0.1) is 0 Å². The van der Waals surface area contributed by atoms with Crippen molar-refractivity contribution in [1.82, 2.24) is 9.78 Å². The highest BCUT2D eigenvalue weighted by atomic mass is 16.5. The lowest BCUT2D eigenvalue weighted by atomic mass is 10.1. The molecule has 14 heavy (non-hydrogen) atoms. The molecule has 78 valence electrons. The summed E-state index contributed by atoms with van der Waals surface area (Å²) in [5.74, 6) is 0. The molecule has 4 unspecified atom stereocenters. The molecule has 0 amide bonds. The Morgan fingerprint density at radius 1 is 1.43 bits per heavy atom. The van der Waals surface area contributed by atoms with Crippen LogP contribution in [0.3, 0.4) is 0 Å². The highest BCUT2D eigenvalue weighted by Crippen LogP contribution is 2.21. The fraction of sp³-hybridized carbons (Fsp3) is 0.667. The van der Waals surface area contributed by atoms with Crippen molar-refractivity contribution < 1.29 is 14.9 Å². The maximum Gasteiger partial charge on any atom is 0.110 e. The molecule has 1 aliphatic heterocycles. The molecule has 0 spiro atoms. The van der Waals surface area contributed by atoms with Gasteiger partial charge in [-0.2, -0.15) is 5.10 Å². The van der Waals surface area contributed by atoms with E-state index in [0.717, 1.165) is 0 Å². The largest absolute Gasteiger partial charge is 0.388 e. The van der Waals surface area contributed by atoms with E-state index < -0.39 is 12.2 Å². The van der Waals surface area contributed by atoms with E-state index in [-0.39, 0.29) is 12.2 Å². The normalized spacial score (nSPS) is 37.6. The van der Waals surface area contributed by atoms with Crippen LogP contribution in [-0.2, 0) is 11.3 Å². The maximum absolute atomic E-state index is 9.61. The quantitative estimate of drug-likeness (QED) is 0.665. The average molecular weight is 198 g/mol. The zero-order valence-corrected chi connectivity index (χ0v) is 7.95. The van der Waals surface area contributed by atoms with E-state index in [1.165, 1.54) is 0 Å². The molecular weight excluding hydrogens is 184 g/mol. The molecule has 2 rings (SSSR count). The highest BCUT2D eigenvalue weighted by Gasteiger charge is 2.40. The van der Waals surface area contributed by atoms with Gasteiger partial charge in [0.05, 0.1) is 12.6 Å². The van der Waals surface area contributed by atoms with Crippen LogP contribution in [0.2, 0.25) is 0 Å². The lowest BCUT2D eigenvalue weighted by Gasteiger charge is -2.14. The molecule has 1 aromatic rings. The van der Waals surface area contributed by atoms with Crippen LogP contribution in [0.1, 0.15) is 6.92 Å². The Bertz CT molecular complexity index is 288. The van der Waals surface area contributed by atoms with E-state index in [2.05, 4.69) is 5.10 Å². The Balaban J connectivity index is 2.00. The van der Waals surface area contributed by atoms with Crippen molar-refractivity contribution in [3.8, 4) is 0 Å². The Morgan fingerprint density at radius 2 is 2.21 bits per heavy atom. The van der Waals surface area contributed by atoms with E-state index in [1.807, 2.05) is 0 Å². The van der Waals surface area contributed by atoms with E-state index in [9.17, 15) is 10.2 Å². The predicted molar refractivity (Wildman–Crippen MR) is 48.6 cm³/mol. The Morgan fingerprint density at radius 3 is 2.71 bits per heavy atom. The Labute approximate surface area is 81.9 Å². The van der Waals surface area contributed by atoms with Gasteiger partial charge in [-0.3, -0.25) is 4.68 Å². The summed E-state index contributed by atoms with van der Waals surface area (Å²) in [7, 11) is 0. The van der Waals surface area contributed by atoms with Crippen molar-refractivity contribution in [2.24, 2.45) is 0 Å². The first-order chi connectivity index (χ1) is 6.68. The minimum absolute atomic E-state index is 0.314. The Hall–Kier alpha value is -0.910. The molecule has 0 bridgehead atoms. The second-order valence-corrected chi connectivity index (χ2v) is 3.59. The monoisotopic (exact) mass is 198 g/mol. The lowest BCUT2D eigenvalue weighted by molar-refractivity contribution is 0.00411. The molecule has 2 N–H and O–H groups in total. The summed E-state index contributed by atoms with van der Waals surface area (Å²) in [4.78, 5) is 0. The zero-order valence-electron chi connectivity index (χ0n) is 7.95. The van der Waals surface area contributed by atoms with Crippen LogP contribution in [0.15, 0.2) is 18.5 Å². The number of ether oxygens (including phenoxy) is 1. The van der Waals surface area contributed by atoms with Crippen LogP contribution in [0.4, 0.5) is 0 Å². The van der Waals surface area contributed by atoms with Crippen LogP contribution in [0.25, 0.3) is 0 Å². The highest BCUT2D eigenvalue weighted by molar-refractivity contribution is 4.89.